The molecule has 1 aliphatic rings. The molecule has 0 unspecified atom stereocenters. The second-order valence-corrected chi connectivity index (χ2v) is 8.84. The molecule has 0 aromatic heterocycles. The SMILES string of the molecule is CN=C(NCc1cccc(S(=O)(=O)NC)c1)N1CCC(=Cc2ccccc2)CC1. The van der Waals surface area contributed by atoms with Crippen LogP contribution in [0, 0.1) is 0 Å². The van der Waals surface area contributed by atoms with Crippen molar-refractivity contribution in [3.63, 3.8) is 0 Å². The van der Waals surface area contributed by atoms with Gasteiger partial charge in [-0.3, -0.25) is 4.99 Å². The molecule has 0 bridgehead atoms. The Kier molecular flexibility index (Phi) is 7.06. The third-order valence-corrected chi connectivity index (χ3v) is 6.43. The molecule has 7 heteroatoms. The lowest BCUT2D eigenvalue weighted by molar-refractivity contribution is 0.375. The summed E-state index contributed by atoms with van der Waals surface area (Å²) in [4.78, 5) is 6.92. The molecule has 0 spiro atoms. The first kappa shape index (κ1) is 21.1. The summed E-state index contributed by atoms with van der Waals surface area (Å²) in [5.74, 6) is 0.839. The van der Waals surface area contributed by atoms with Crippen molar-refractivity contribution in [1.29, 1.82) is 0 Å². The van der Waals surface area contributed by atoms with Crippen molar-refractivity contribution in [2.45, 2.75) is 24.3 Å². The van der Waals surface area contributed by atoms with Crippen molar-refractivity contribution in [3.05, 3.63) is 71.3 Å². The zero-order chi connectivity index (χ0) is 20.7. The summed E-state index contributed by atoms with van der Waals surface area (Å²) < 4.78 is 26.3. The van der Waals surface area contributed by atoms with Crippen LogP contribution in [0.2, 0.25) is 0 Å². The Balaban J connectivity index is 1.58. The number of nitrogens with one attached hydrogen (secondary N) is 2. The van der Waals surface area contributed by atoms with Crippen LogP contribution < -0.4 is 10.0 Å². The normalized spacial score (nSPS) is 15.3. The van der Waals surface area contributed by atoms with Crippen molar-refractivity contribution >= 4 is 22.1 Å². The number of guanidine groups is 1. The minimum absolute atomic E-state index is 0.267. The molecule has 0 amide bonds. The average Bonchev–Trinajstić information content (AvgIpc) is 2.76. The number of sulfonamides is 1. The number of hydrogen-bond acceptors (Lipinski definition) is 3. The van der Waals surface area contributed by atoms with Crippen LogP contribution in [-0.4, -0.2) is 46.5 Å². The Bertz CT molecular complexity index is 975. The highest BCUT2D eigenvalue weighted by Gasteiger charge is 2.17. The Morgan fingerprint density at radius 3 is 2.48 bits per heavy atom. The maximum Gasteiger partial charge on any atom is 0.240 e. The Labute approximate surface area is 173 Å². The van der Waals surface area contributed by atoms with E-state index in [4.69, 9.17) is 0 Å². The van der Waals surface area contributed by atoms with Gasteiger partial charge in [0.2, 0.25) is 10.0 Å². The van der Waals surface area contributed by atoms with E-state index in [1.54, 1.807) is 25.2 Å². The first-order chi connectivity index (χ1) is 14.0. The summed E-state index contributed by atoms with van der Waals surface area (Å²) in [6, 6.07) is 17.3. The first-order valence-electron chi connectivity index (χ1n) is 9.74. The maximum atomic E-state index is 12.0. The van der Waals surface area contributed by atoms with Gasteiger partial charge in [0, 0.05) is 26.7 Å². The van der Waals surface area contributed by atoms with Gasteiger partial charge in [0.25, 0.3) is 0 Å². The smallest absolute Gasteiger partial charge is 0.240 e. The van der Waals surface area contributed by atoms with Gasteiger partial charge in [-0.15, -0.1) is 0 Å². The van der Waals surface area contributed by atoms with Gasteiger partial charge in [-0.25, -0.2) is 13.1 Å². The third-order valence-electron chi connectivity index (χ3n) is 5.02. The van der Waals surface area contributed by atoms with Gasteiger partial charge in [-0.1, -0.05) is 54.1 Å². The quantitative estimate of drug-likeness (QED) is 0.585. The minimum atomic E-state index is -3.44. The standard InChI is InChI=1S/C22H28N4O2S/c1-23-22(25-17-20-9-6-10-21(16-20)29(27,28)24-2)26-13-11-19(12-14-26)15-18-7-4-3-5-8-18/h3-10,15-16,24H,11-14,17H2,1-2H3,(H,23,25). The van der Waals surface area contributed by atoms with E-state index in [1.807, 2.05) is 12.1 Å². The summed E-state index contributed by atoms with van der Waals surface area (Å²) in [5.41, 5.74) is 3.59. The summed E-state index contributed by atoms with van der Waals surface area (Å²) in [6.07, 6.45) is 4.29. The summed E-state index contributed by atoms with van der Waals surface area (Å²) in [6.45, 7) is 2.34. The summed E-state index contributed by atoms with van der Waals surface area (Å²) >= 11 is 0. The van der Waals surface area contributed by atoms with Crippen LogP contribution in [0.5, 0.6) is 0 Å². The van der Waals surface area contributed by atoms with Crippen molar-refractivity contribution in [3.8, 4) is 0 Å². The molecular weight excluding hydrogens is 384 g/mol. The number of likely N-dealkylation sites (tertiary alicyclic amines) is 1. The second kappa shape index (κ2) is 9.71. The molecule has 0 aliphatic carbocycles. The third kappa shape index (κ3) is 5.68. The molecule has 0 saturated carbocycles. The molecule has 1 aliphatic heterocycles. The van der Waals surface area contributed by atoms with Gasteiger partial charge >= 0.3 is 0 Å². The molecule has 3 rings (SSSR count). The monoisotopic (exact) mass is 412 g/mol. The summed E-state index contributed by atoms with van der Waals surface area (Å²) in [7, 11) is -0.249. The van der Waals surface area contributed by atoms with E-state index in [0.717, 1.165) is 37.5 Å². The van der Waals surface area contributed by atoms with E-state index in [-0.39, 0.29) is 4.90 Å². The molecule has 1 heterocycles. The number of benzene rings is 2. The van der Waals surface area contributed by atoms with Crippen LogP contribution >= 0.6 is 0 Å². The van der Waals surface area contributed by atoms with E-state index in [0.29, 0.717) is 6.54 Å². The number of rotatable bonds is 5. The molecule has 2 aromatic rings. The molecule has 29 heavy (non-hydrogen) atoms. The predicted octanol–water partition coefficient (Wildman–Crippen LogP) is 2.85. The molecule has 2 aromatic carbocycles. The predicted molar refractivity (Wildman–Crippen MR) is 118 cm³/mol. The van der Waals surface area contributed by atoms with Gasteiger partial charge < -0.3 is 10.2 Å². The maximum absolute atomic E-state index is 12.0. The highest BCUT2D eigenvalue weighted by atomic mass is 32.2. The molecule has 6 nitrogen and oxygen atoms in total. The molecule has 0 radical (unpaired) electrons. The fourth-order valence-corrected chi connectivity index (χ4v) is 4.19. The average molecular weight is 413 g/mol. The van der Waals surface area contributed by atoms with Crippen LogP contribution in [-0.2, 0) is 16.6 Å². The van der Waals surface area contributed by atoms with Gasteiger partial charge in [0.05, 0.1) is 4.90 Å². The molecule has 1 saturated heterocycles. The number of aliphatic imine (C=N–C) groups is 1. The Hall–Kier alpha value is -2.64. The van der Waals surface area contributed by atoms with Crippen molar-refractivity contribution < 1.29 is 8.42 Å². The van der Waals surface area contributed by atoms with Crippen LogP contribution in [0.4, 0.5) is 0 Å². The van der Waals surface area contributed by atoms with E-state index >= 15 is 0 Å². The van der Waals surface area contributed by atoms with Crippen LogP contribution in [0.15, 0.2) is 70.1 Å². The second-order valence-electron chi connectivity index (χ2n) is 6.96. The van der Waals surface area contributed by atoms with Crippen LogP contribution in [0.25, 0.3) is 6.08 Å². The number of hydrogen-bond donors (Lipinski definition) is 2. The highest BCUT2D eigenvalue weighted by molar-refractivity contribution is 7.89. The van der Waals surface area contributed by atoms with E-state index in [9.17, 15) is 8.42 Å². The minimum Gasteiger partial charge on any atom is -0.352 e. The van der Waals surface area contributed by atoms with Crippen LogP contribution in [0.3, 0.4) is 0 Å². The van der Waals surface area contributed by atoms with Gasteiger partial charge in [0.1, 0.15) is 0 Å². The first-order valence-corrected chi connectivity index (χ1v) is 11.2. The fraction of sp³-hybridized carbons (Fsp3) is 0.318. The molecule has 2 N–H and O–H groups in total. The Morgan fingerprint density at radius 2 is 1.83 bits per heavy atom. The molecule has 154 valence electrons. The van der Waals surface area contributed by atoms with Crippen molar-refractivity contribution in [2.24, 2.45) is 4.99 Å². The van der Waals surface area contributed by atoms with E-state index in [2.05, 4.69) is 50.3 Å². The van der Waals surface area contributed by atoms with Gasteiger partial charge in [-0.05, 0) is 43.1 Å². The van der Waals surface area contributed by atoms with Crippen molar-refractivity contribution in [2.75, 3.05) is 27.2 Å². The number of piperidine rings is 1. The fourth-order valence-electron chi connectivity index (χ4n) is 3.39. The van der Waals surface area contributed by atoms with Crippen molar-refractivity contribution in [1.82, 2.24) is 14.9 Å². The van der Waals surface area contributed by atoms with E-state index in [1.165, 1.54) is 18.2 Å². The van der Waals surface area contributed by atoms with E-state index < -0.39 is 10.0 Å². The summed E-state index contributed by atoms with van der Waals surface area (Å²) in [5, 5.41) is 3.36. The lowest BCUT2D eigenvalue weighted by Crippen LogP contribution is -2.44. The van der Waals surface area contributed by atoms with Gasteiger partial charge in [-0.2, -0.15) is 0 Å². The topological polar surface area (TPSA) is 73.8 Å². The largest absolute Gasteiger partial charge is 0.352 e. The molecular formula is C22H28N4O2S. The van der Waals surface area contributed by atoms with Gasteiger partial charge in [0.15, 0.2) is 5.96 Å². The van der Waals surface area contributed by atoms with Crippen LogP contribution in [0.1, 0.15) is 24.0 Å². The highest BCUT2D eigenvalue weighted by Crippen LogP contribution is 2.19. The lowest BCUT2D eigenvalue weighted by Gasteiger charge is -2.31. The zero-order valence-electron chi connectivity index (χ0n) is 16.9. The number of nitrogens with zero attached hydrogens (tertiary/aromatic N) is 2. The lowest BCUT2D eigenvalue weighted by atomic mass is 10.0. The zero-order valence-corrected chi connectivity index (χ0v) is 17.7. The molecule has 1 fully saturated rings. The Morgan fingerprint density at radius 1 is 1.10 bits per heavy atom. The molecule has 0 atom stereocenters.